The molecule has 5 rings (SSSR count). The standard InChI is InChI=1S/C26H26N4O4S/c1-33-20-12-16-9-10-29(25(22-8-5-11-35-22)18(16)13-21(20)34-2)15-24-28-19-7-4-3-6-17(19)26(32)30(24)14-23(27)31/h3-8,11-13,25H,9-10,14-15H2,1-2H3,(H2,27,31)/t25-/m0/s1. The monoisotopic (exact) mass is 490 g/mol. The van der Waals surface area contributed by atoms with Crippen LogP contribution in [0.1, 0.15) is 27.9 Å². The summed E-state index contributed by atoms with van der Waals surface area (Å²) >= 11 is 1.67. The van der Waals surface area contributed by atoms with Gasteiger partial charge in [0, 0.05) is 11.4 Å². The van der Waals surface area contributed by atoms with Gasteiger partial charge in [0.05, 0.1) is 37.7 Å². The van der Waals surface area contributed by atoms with Gasteiger partial charge in [-0.05, 0) is 53.3 Å². The van der Waals surface area contributed by atoms with E-state index in [0.717, 1.165) is 18.5 Å². The third-order valence-electron chi connectivity index (χ3n) is 6.39. The summed E-state index contributed by atoms with van der Waals surface area (Å²) in [6.07, 6.45) is 0.797. The molecule has 1 aliphatic rings. The molecule has 4 aromatic rings. The number of primary amides is 1. The number of hydrogen-bond acceptors (Lipinski definition) is 7. The van der Waals surface area contributed by atoms with Gasteiger partial charge in [0.25, 0.3) is 5.56 Å². The number of carbonyl (C=O) groups excluding carboxylic acids is 1. The Morgan fingerprint density at radius 2 is 1.91 bits per heavy atom. The summed E-state index contributed by atoms with van der Waals surface area (Å²) in [4.78, 5) is 33.3. The van der Waals surface area contributed by atoms with Gasteiger partial charge in [-0.25, -0.2) is 4.98 Å². The summed E-state index contributed by atoms with van der Waals surface area (Å²) in [5, 5.41) is 2.52. The van der Waals surface area contributed by atoms with E-state index in [0.29, 0.717) is 34.8 Å². The van der Waals surface area contributed by atoms with Crippen LogP contribution in [0.25, 0.3) is 10.9 Å². The molecule has 180 valence electrons. The molecule has 9 heteroatoms. The first kappa shape index (κ1) is 23.1. The highest BCUT2D eigenvalue weighted by molar-refractivity contribution is 7.10. The first-order valence-electron chi connectivity index (χ1n) is 11.3. The molecule has 0 aliphatic carbocycles. The highest BCUT2D eigenvalue weighted by Gasteiger charge is 2.32. The van der Waals surface area contributed by atoms with Crippen molar-refractivity contribution in [2.24, 2.45) is 5.73 Å². The van der Waals surface area contributed by atoms with Gasteiger partial charge in [0.2, 0.25) is 5.91 Å². The SMILES string of the molecule is COc1cc2c(cc1OC)[C@@H](c1cccs1)N(Cc1nc3ccccc3c(=O)n1CC(N)=O)CC2. The van der Waals surface area contributed by atoms with Crippen molar-refractivity contribution in [2.75, 3.05) is 20.8 Å². The van der Waals surface area contributed by atoms with Crippen LogP contribution in [0.2, 0.25) is 0 Å². The average Bonchev–Trinajstić information content (AvgIpc) is 3.39. The van der Waals surface area contributed by atoms with Crippen LogP contribution in [0.3, 0.4) is 0 Å². The Labute approximate surface area is 206 Å². The predicted octanol–water partition coefficient (Wildman–Crippen LogP) is 3.11. The van der Waals surface area contributed by atoms with Gasteiger partial charge in [0.1, 0.15) is 12.4 Å². The van der Waals surface area contributed by atoms with Gasteiger partial charge < -0.3 is 15.2 Å². The number of benzene rings is 2. The van der Waals surface area contributed by atoms with E-state index >= 15 is 0 Å². The Morgan fingerprint density at radius 3 is 2.63 bits per heavy atom. The molecule has 0 saturated heterocycles. The van der Waals surface area contributed by atoms with E-state index in [9.17, 15) is 9.59 Å². The second-order valence-electron chi connectivity index (χ2n) is 8.45. The number of hydrogen-bond donors (Lipinski definition) is 1. The number of methoxy groups -OCH3 is 2. The molecule has 2 aromatic heterocycles. The van der Waals surface area contributed by atoms with E-state index in [1.165, 1.54) is 15.0 Å². The van der Waals surface area contributed by atoms with Crippen molar-refractivity contribution < 1.29 is 14.3 Å². The number of fused-ring (bicyclic) bond motifs is 2. The second kappa shape index (κ2) is 9.52. The molecule has 0 fully saturated rings. The zero-order valence-electron chi connectivity index (χ0n) is 19.6. The number of amides is 1. The molecule has 2 N–H and O–H groups in total. The van der Waals surface area contributed by atoms with E-state index in [1.807, 2.05) is 30.3 Å². The van der Waals surface area contributed by atoms with Crippen LogP contribution in [0.4, 0.5) is 0 Å². The summed E-state index contributed by atoms with van der Waals surface area (Å²) < 4.78 is 12.5. The lowest BCUT2D eigenvalue weighted by Gasteiger charge is -2.37. The van der Waals surface area contributed by atoms with Crippen LogP contribution < -0.4 is 20.8 Å². The van der Waals surface area contributed by atoms with Crippen LogP contribution in [0.15, 0.2) is 58.7 Å². The summed E-state index contributed by atoms with van der Waals surface area (Å²) in [5.41, 5.74) is 8.16. The fourth-order valence-corrected chi connectivity index (χ4v) is 5.66. The van der Waals surface area contributed by atoms with Crippen LogP contribution in [-0.4, -0.2) is 41.1 Å². The highest BCUT2D eigenvalue weighted by atomic mass is 32.1. The van der Waals surface area contributed by atoms with Crippen molar-refractivity contribution in [1.29, 1.82) is 0 Å². The summed E-state index contributed by atoms with van der Waals surface area (Å²) in [5.74, 6) is 1.30. The quantitative estimate of drug-likeness (QED) is 0.427. The molecule has 1 aliphatic heterocycles. The molecule has 0 bridgehead atoms. The first-order chi connectivity index (χ1) is 17.0. The minimum Gasteiger partial charge on any atom is -0.493 e. The molecule has 0 spiro atoms. The van der Waals surface area contributed by atoms with Gasteiger partial charge in [-0.3, -0.25) is 19.1 Å². The second-order valence-corrected chi connectivity index (χ2v) is 9.43. The average molecular weight is 491 g/mol. The number of ether oxygens (including phenoxy) is 2. The summed E-state index contributed by atoms with van der Waals surface area (Å²) in [7, 11) is 3.27. The van der Waals surface area contributed by atoms with E-state index in [2.05, 4.69) is 16.3 Å². The lowest BCUT2D eigenvalue weighted by Crippen LogP contribution is -2.39. The van der Waals surface area contributed by atoms with Crippen molar-refractivity contribution >= 4 is 28.1 Å². The Hall–Kier alpha value is -3.69. The number of nitrogens with two attached hydrogens (primary N) is 1. The van der Waals surface area contributed by atoms with Gasteiger partial charge >= 0.3 is 0 Å². The van der Waals surface area contributed by atoms with Crippen molar-refractivity contribution in [3.8, 4) is 11.5 Å². The number of rotatable bonds is 7. The molecule has 35 heavy (non-hydrogen) atoms. The Morgan fingerprint density at radius 1 is 1.14 bits per heavy atom. The Bertz CT molecular complexity index is 1450. The maximum Gasteiger partial charge on any atom is 0.261 e. The third-order valence-corrected chi connectivity index (χ3v) is 7.31. The molecule has 0 saturated carbocycles. The first-order valence-corrected chi connectivity index (χ1v) is 12.2. The zero-order valence-corrected chi connectivity index (χ0v) is 20.4. The fourth-order valence-electron chi connectivity index (χ4n) is 4.78. The molecular formula is C26H26N4O4S. The molecular weight excluding hydrogens is 464 g/mol. The van der Waals surface area contributed by atoms with E-state index < -0.39 is 5.91 Å². The van der Waals surface area contributed by atoms with E-state index in [4.69, 9.17) is 20.2 Å². The smallest absolute Gasteiger partial charge is 0.261 e. The zero-order chi connectivity index (χ0) is 24.5. The molecule has 0 unspecified atom stereocenters. The fraction of sp³-hybridized carbons (Fsp3) is 0.269. The van der Waals surface area contributed by atoms with Crippen LogP contribution in [0.5, 0.6) is 11.5 Å². The number of carbonyl (C=O) groups is 1. The minimum absolute atomic E-state index is 0.0658. The largest absolute Gasteiger partial charge is 0.493 e. The molecule has 3 heterocycles. The van der Waals surface area contributed by atoms with Crippen molar-refractivity contribution in [3.05, 3.63) is 86.1 Å². The van der Waals surface area contributed by atoms with Gasteiger partial charge in [-0.15, -0.1) is 11.3 Å². The van der Waals surface area contributed by atoms with Crippen LogP contribution >= 0.6 is 11.3 Å². The molecule has 2 aromatic carbocycles. The highest BCUT2D eigenvalue weighted by Crippen LogP contribution is 2.42. The molecule has 1 amide bonds. The lowest BCUT2D eigenvalue weighted by atomic mass is 9.91. The predicted molar refractivity (Wildman–Crippen MR) is 135 cm³/mol. The molecule has 1 atom stereocenters. The van der Waals surface area contributed by atoms with Crippen molar-refractivity contribution in [3.63, 3.8) is 0 Å². The number of thiophene rings is 1. The number of aromatic nitrogens is 2. The topological polar surface area (TPSA) is 99.7 Å². The van der Waals surface area contributed by atoms with Crippen molar-refractivity contribution in [1.82, 2.24) is 14.5 Å². The van der Waals surface area contributed by atoms with Gasteiger partial charge in [0.15, 0.2) is 11.5 Å². The number of para-hydroxylation sites is 1. The number of nitrogens with zero attached hydrogens (tertiary/aromatic N) is 3. The van der Waals surface area contributed by atoms with Gasteiger partial charge in [-0.1, -0.05) is 18.2 Å². The third kappa shape index (κ3) is 4.28. The molecule has 0 radical (unpaired) electrons. The summed E-state index contributed by atoms with van der Waals surface area (Å²) in [6, 6.07) is 15.3. The maximum absolute atomic E-state index is 13.3. The minimum atomic E-state index is -0.582. The normalized spacial score (nSPS) is 15.7. The van der Waals surface area contributed by atoms with Crippen LogP contribution in [0, 0.1) is 0 Å². The molecule has 8 nitrogen and oxygen atoms in total. The van der Waals surface area contributed by atoms with Gasteiger partial charge in [-0.2, -0.15) is 0 Å². The van der Waals surface area contributed by atoms with E-state index in [-0.39, 0.29) is 18.1 Å². The maximum atomic E-state index is 13.3. The van der Waals surface area contributed by atoms with Crippen molar-refractivity contribution in [2.45, 2.75) is 25.6 Å². The van der Waals surface area contributed by atoms with E-state index in [1.54, 1.807) is 37.7 Å². The Kier molecular flexibility index (Phi) is 6.27. The lowest BCUT2D eigenvalue weighted by molar-refractivity contribution is -0.118. The summed E-state index contributed by atoms with van der Waals surface area (Å²) in [6.45, 7) is 0.902. The van der Waals surface area contributed by atoms with Crippen LogP contribution in [-0.2, 0) is 24.3 Å². The Balaban J connectivity index is 1.63.